The van der Waals surface area contributed by atoms with Gasteiger partial charge in [-0.1, -0.05) is 134 Å². The van der Waals surface area contributed by atoms with Gasteiger partial charge >= 0.3 is 0 Å². The Labute approximate surface area is 578 Å². The smallest absolute Gasteiger partial charge is 0.214 e. The van der Waals surface area contributed by atoms with Crippen LogP contribution in [0.1, 0.15) is 144 Å². The van der Waals surface area contributed by atoms with E-state index < -0.39 is 163 Å². The molecule has 1 aliphatic heterocycles. The highest BCUT2D eigenvalue weighted by atomic mass is 16.7. The van der Waals surface area contributed by atoms with Crippen LogP contribution in [0.15, 0.2) is 84.9 Å². The van der Waals surface area contributed by atoms with Crippen molar-refractivity contribution in [3.63, 3.8) is 0 Å². The number of hydrogen-bond donors (Lipinski definition) is 15. The third kappa shape index (κ3) is 20.2. The van der Waals surface area contributed by atoms with E-state index in [9.17, 15) is 61.3 Å². The summed E-state index contributed by atoms with van der Waals surface area (Å²) in [5.41, 5.74) is -7.27. The Kier molecular flexibility index (Phi) is 30.9. The third-order valence-electron chi connectivity index (χ3n) is 20.7. The number of benzene rings is 3. The summed E-state index contributed by atoms with van der Waals surface area (Å²) in [7, 11) is 1.61. The Balaban J connectivity index is 1.12. The second-order valence-corrected chi connectivity index (χ2v) is 28.7. The van der Waals surface area contributed by atoms with Crippen LogP contribution in [0, 0.1) is 34.5 Å². The molecular weight excluding hydrogens is 1270 g/mol. The standard InChI is InChI=1S/C72H117N3O23/c1-12-45(13-2)59(81)48(28-22-23-32-73-54(78)31-33-89-36-37-90-35-34-88-11)74-55(79)40-91-49-29-20-21-30-50(49)92-41-56(80)95-61(58(46-24-16-14-17-25-46)75-67(86)98-68(5,6)7)66(85)94-51-39-72(87)64(96-65(84)47-26-18-15-19-27-47)62-70(10,63(83)60(82)57(43(51)3)69(72,8)9)52(77)38-53-71(62,42-93-53)97-44(4)76/h14-21,24-27,29-30,43-45,48,51-67,73-87H,12-13,22-23,28,31-42H2,1-11H3/t43?,44?,48?,51-,52?,53?,54?,55?,56?,57?,58-,59?,60?,61+,62-,63?,64-,65?,66?,67?,70?,71-,72?/m0/s1. The van der Waals surface area contributed by atoms with Gasteiger partial charge in [0.25, 0.3) is 0 Å². The SMILES string of the molecule is CCC(CC)C(O)C(CCCCNC(O)CCOCCOCCOC)NC(O)COc1ccccc1OCC(O)O[C@@H](C(O)O[C@H]1CC2(O)[C@@H](OC(O)c3ccccc3)[C@H]3C(C)(C(O)CC4OC[C@]43OC(C)O)C(O)C(O)C(C1C)C2(C)C)[C@@H](NC(O)OC(C)(C)C)c1ccccc1. The van der Waals surface area contributed by atoms with E-state index in [1.807, 2.05) is 13.8 Å². The van der Waals surface area contributed by atoms with Crippen molar-refractivity contribution < 1.29 is 113 Å². The highest BCUT2D eigenvalue weighted by Crippen LogP contribution is 2.66. The van der Waals surface area contributed by atoms with E-state index in [0.717, 1.165) is 0 Å². The fourth-order valence-corrected chi connectivity index (χ4v) is 15.4. The van der Waals surface area contributed by atoms with Gasteiger partial charge in [-0.15, -0.1) is 0 Å². The van der Waals surface area contributed by atoms with Crippen molar-refractivity contribution in [2.45, 2.75) is 242 Å². The van der Waals surface area contributed by atoms with E-state index in [4.69, 9.17) is 52.1 Å². The van der Waals surface area contributed by atoms with Crippen molar-refractivity contribution in [1.82, 2.24) is 16.0 Å². The molecule has 3 aliphatic carbocycles. The summed E-state index contributed by atoms with van der Waals surface area (Å²) in [4.78, 5) is 0. The van der Waals surface area contributed by atoms with Gasteiger partial charge < -0.3 is 113 Å². The third-order valence-corrected chi connectivity index (χ3v) is 20.7. The molecule has 7 rings (SSSR count). The summed E-state index contributed by atoms with van der Waals surface area (Å²) >= 11 is 0. The van der Waals surface area contributed by atoms with Gasteiger partial charge in [0.2, 0.25) is 6.41 Å². The number of nitrogens with one attached hydrogen (secondary N) is 3. The molecule has 17 unspecified atom stereocenters. The highest BCUT2D eigenvalue weighted by molar-refractivity contribution is 5.39. The fraction of sp³-hybridized carbons (Fsp3) is 0.750. The molecule has 0 spiro atoms. The summed E-state index contributed by atoms with van der Waals surface area (Å²) in [6.45, 7) is 18.9. The van der Waals surface area contributed by atoms with Crippen LogP contribution >= 0.6 is 0 Å². The van der Waals surface area contributed by atoms with Gasteiger partial charge in [0.1, 0.15) is 37.4 Å². The maximum absolute atomic E-state index is 14.2. The zero-order chi connectivity index (χ0) is 71.8. The Morgan fingerprint density at radius 2 is 1.32 bits per heavy atom. The molecule has 0 aromatic heterocycles. The molecule has 23 atom stereocenters. The first-order chi connectivity index (χ1) is 46.5. The molecule has 26 heteroatoms. The van der Waals surface area contributed by atoms with Gasteiger partial charge in [-0.25, -0.2) is 0 Å². The molecule has 0 radical (unpaired) electrons. The maximum Gasteiger partial charge on any atom is 0.214 e. The van der Waals surface area contributed by atoms with Crippen molar-refractivity contribution in [2.75, 3.05) is 66.5 Å². The molecule has 558 valence electrons. The zero-order valence-electron chi connectivity index (χ0n) is 59.1. The number of ether oxygens (including phenoxy) is 11. The molecule has 2 bridgehead atoms. The zero-order valence-corrected chi connectivity index (χ0v) is 59.1. The van der Waals surface area contributed by atoms with Gasteiger partial charge in [-0.2, -0.15) is 0 Å². The van der Waals surface area contributed by atoms with Gasteiger partial charge in [-0.3, -0.25) is 16.0 Å². The van der Waals surface area contributed by atoms with Crippen molar-refractivity contribution in [3.05, 3.63) is 96.1 Å². The average Bonchev–Trinajstić information content (AvgIpc) is 0.671. The van der Waals surface area contributed by atoms with Crippen LogP contribution in [0.3, 0.4) is 0 Å². The summed E-state index contributed by atoms with van der Waals surface area (Å²) in [5.74, 6) is -3.08. The minimum atomic E-state index is -2.25. The Morgan fingerprint density at radius 3 is 1.91 bits per heavy atom. The average molecular weight is 1390 g/mol. The van der Waals surface area contributed by atoms with E-state index >= 15 is 0 Å². The number of aliphatic hydroxyl groups is 12. The van der Waals surface area contributed by atoms with Crippen molar-refractivity contribution >= 4 is 0 Å². The first-order valence-electron chi connectivity index (χ1n) is 35.0. The van der Waals surface area contributed by atoms with Crippen LogP contribution in [0.4, 0.5) is 0 Å². The number of methoxy groups -OCH3 is 1. The number of fused-ring (bicyclic) bond motifs is 5. The fourth-order valence-electron chi connectivity index (χ4n) is 15.4. The number of para-hydroxylation sites is 2. The van der Waals surface area contributed by atoms with Crippen LogP contribution in [0.2, 0.25) is 0 Å². The number of aliphatic hydroxyl groups excluding tert-OH is 11. The summed E-state index contributed by atoms with van der Waals surface area (Å²) in [6.07, 6.45) is -19.0. The van der Waals surface area contributed by atoms with Crippen LogP contribution in [0.25, 0.3) is 0 Å². The van der Waals surface area contributed by atoms with Crippen LogP contribution in [-0.2, 0) is 42.6 Å². The lowest BCUT2D eigenvalue weighted by atomic mass is 9.42. The van der Waals surface area contributed by atoms with Crippen molar-refractivity contribution in [1.29, 1.82) is 0 Å². The monoisotopic (exact) mass is 1390 g/mol. The number of rotatable bonds is 42. The summed E-state index contributed by atoms with van der Waals surface area (Å²) in [6, 6.07) is 21.7. The molecule has 3 saturated carbocycles. The van der Waals surface area contributed by atoms with Crippen LogP contribution in [-0.4, -0.2) is 237 Å². The molecule has 1 saturated heterocycles. The van der Waals surface area contributed by atoms with Crippen LogP contribution in [0.5, 0.6) is 11.5 Å². The van der Waals surface area contributed by atoms with E-state index in [-0.39, 0.29) is 37.1 Å². The van der Waals surface area contributed by atoms with E-state index in [1.165, 1.54) is 6.92 Å². The van der Waals surface area contributed by atoms with Crippen molar-refractivity contribution in [3.8, 4) is 11.5 Å². The minimum absolute atomic E-state index is 0.0489. The lowest BCUT2D eigenvalue weighted by molar-refractivity contribution is -0.417. The molecule has 3 aromatic rings. The normalized spacial score (nSPS) is 30.4. The summed E-state index contributed by atoms with van der Waals surface area (Å²) in [5, 5.41) is 155. The molecule has 0 amide bonds. The lowest BCUT2D eigenvalue weighted by Crippen LogP contribution is -2.83. The molecule has 98 heavy (non-hydrogen) atoms. The second-order valence-electron chi connectivity index (χ2n) is 28.7. The number of hydrogen-bond acceptors (Lipinski definition) is 26. The second kappa shape index (κ2) is 37.1. The molecule has 26 nitrogen and oxygen atoms in total. The lowest BCUT2D eigenvalue weighted by Gasteiger charge is -2.71. The molecular formula is C72H117N3O23. The minimum Gasteiger partial charge on any atom is -0.486 e. The molecule has 15 N–H and O–H groups in total. The molecule has 4 fully saturated rings. The Bertz CT molecular complexity index is 2760. The van der Waals surface area contributed by atoms with Gasteiger partial charge in [0.05, 0.1) is 99.6 Å². The molecule has 1 heterocycles. The maximum atomic E-state index is 14.2. The molecule has 3 aromatic carbocycles. The molecule has 4 aliphatic rings. The van der Waals surface area contributed by atoms with Gasteiger partial charge in [0.15, 0.2) is 36.7 Å². The van der Waals surface area contributed by atoms with E-state index in [0.29, 0.717) is 89.2 Å². The highest BCUT2D eigenvalue weighted by Gasteiger charge is 2.78. The topological polar surface area (TPSA) is 380 Å². The quantitative estimate of drug-likeness (QED) is 0.0284. The first kappa shape index (κ1) is 81.6. The van der Waals surface area contributed by atoms with Crippen LogP contribution < -0.4 is 25.4 Å². The number of unbranched alkanes of at least 4 members (excludes halogenated alkanes) is 1. The van der Waals surface area contributed by atoms with Gasteiger partial charge in [-0.05, 0) is 76.6 Å². The Hall–Kier alpha value is -3.70. The van der Waals surface area contributed by atoms with Crippen molar-refractivity contribution in [2.24, 2.45) is 34.5 Å². The van der Waals surface area contributed by atoms with E-state index in [1.54, 1.807) is 141 Å². The summed E-state index contributed by atoms with van der Waals surface area (Å²) < 4.78 is 66.7. The predicted molar refractivity (Wildman–Crippen MR) is 359 cm³/mol. The Morgan fingerprint density at radius 1 is 0.714 bits per heavy atom. The van der Waals surface area contributed by atoms with E-state index in [2.05, 4.69) is 16.0 Å². The van der Waals surface area contributed by atoms with Gasteiger partial charge in [0, 0.05) is 60.6 Å². The first-order valence-corrected chi connectivity index (χ1v) is 35.0. The predicted octanol–water partition coefficient (Wildman–Crippen LogP) is 3.60. The largest absolute Gasteiger partial charge is 0.486 e.